The first kappa shape index (κ1) is 20.9. The molecule has 7 nitrogen and oxygen atoms in total. The highest BCUT2D eigenvalue weighted by molar-refractivity contribution is 6.05. The fraction of sp³-hybridized carbons (Fsp3) is 0.480. The topological polar surface area (TPSA) is 81.1 Å². The van der Waals surface area contributed by atoms with Crippen molar-refractivity contribution in [3.8, 4) is 5.75 Å². The molecule has 2 fully saturated rings. The van der Waals surface area contributed by atoms with Crippen molar-refractivity contribution in [3.05, 3.63) is 47.9 Å². The van der Waals surface area contributed by atoms with Crippen molar-refractivity contribution in [3.63, 3.8) is 0 Å². The zero-order valence-electron chi connectivity index (χ0n) is 18.9. The van der Waals surface area contributed by atoms with E-state index < -0.39 is 0 Å². The van der Waals surface area contributed by atoms with Gasteiger partial charge in [-0.1, -0.05) is 6.07 Å². The maximum Gasteiger partial charge on any atom is 0.274 e. The third-order valence-corrected chi connectivity index (χ3v) is 7.27. The van der Waals surface area contributed by atoms with E-state index in [2.05, 4.69) is 26.5 Å². The summed E-state index contributed by atoms with van der Waals surface area (Å²) in [6.07, 6.45) is 9.63. The molecule has 1 spiro atoms. The number of aromatic nitrogens is 3. The molecule has 2 aromatic heterocycles. The number of benzene rings is 1. The van der Waals surface area contributed by atoms with Gasteiger partial charge in [0.1, 0.15) is 11.4 Å². The van der Waals surface area contributed by atoms with E-state index >= 15 is 0 Å². The zero-order valence-corrected chi connectivity index (χ0v) is 18.9. The molecule has 32 heavy (non-hydrogen) atoms. The molecule has 1 amide bonds. The van der Waals surface area contributed by atoms with Crippen molar-refractivity contribution in [2.45, 2.75) is 51.5 Å². The molecule has 5 rings (SSSR count). The number of nitrogens with zero attached hydrogens (tertiary/aromatic N) is 3. The summed E-state index contributed by atoms with van der Waals surface area (Å²) in [5.41, 5.74) is 3.25. The van der Waals surface area contributed by atoms with Crippen molar-refractivity contribution in [2.24, 2.45) is 5.41 Å². The predicted molar refractivity (Wildman–Crippen MR) is 125 cm³/mol. The highest BCUT2D eigenvalue weighted by Crippen LogP contribution is 2.46. The van der Waals surface area contributed by atoms with E-state index in [4.69, 9.17) is 9.84 Å². The molecule has 2 aliphatic rings. The Labute approximate surface area is 188 Å². The largest absolute Gasteiger partial charge is 0.494 e. The van der Waals surface area contributed by atoms with Gasteiger partial charge in [-0.2, -0.15) is 5.10 Å². The first-order valence-corrected chi connectivity index (χ1v) is 11.6. The van der Waals surface area contributed by atoms with Crippen LogP contribution in [0.2, 0.25) is 0 Å². The summed E-state index contributed by atoms with van der Waals surface area (Å²) in [5.74, 6) is 0.347. The molecule has 0 unspecified atom stereocenters. The van der Waals surface area contributed by atoms with Crippen LogP contribution in [0.15, 0.2) is 36.5 Å². The first-order valence-electron chi connectivity index (χ1n) is 11.6. The molecule has 7 heteroatoms. The molecule has 1 saturated heterocycles. The van der Waals surface area contributed by atoms with Crippen molar-refractivity contribution in [1.82, 2.24) is 20.1 Å². The number of nitrogens with one attached hydrogen (secondary N) is 2. The maximum atomic E-state index is 12.7. The normalized spacial score (nSPS) is 18.7. The minimum absolute atomic E-state index is 0.252. The van der Waals surface area contributed by atoms with Crippen LogP contribution in [0.3, 0.4) is 0 Å². The van der Waals surface area contributed by atoms with Gasteiger partial charge < -0.3 is 15.4 Å². The van der Waals surface area contributed by atoms with Crippen LogP contribution >= 0.6 is 0 Å². The van der Waals surface area contributed by atoms with Gasteiger partial charge >= 0.3 is 0 Å². The van der Waals surface area contributed by atoms with Crippen molar-refractivity contribution in [1.29, 1.82) is 0 Å². The van der Waals surface area contributed by atoms with Gasteiger partial charge in [0.25, 0.3) is 5.91 Å². The number of anilines is 1. The van der Waals surface area contributed by atoms with Gasteiger partial charge in [0.2, 0.25) is 0 Å². The first-order chi connectivity index (χ1) is 15.5. The molecule has 3 heterocycles. The molecule has 1 aromatic carbocycles. The second-order valence-corrected chi connectivity index (χ2v) is 9.32. The summed E-state index contributed by atoms with van der Waals surface area (Å²) in [6.45, 7) is 4.18. The summed E-state index contributed by atoms with van der Waals surface area (Å²) in [6, 6.07) is 9.70. The molecule has 1 saturated carbocycles. The van der Waals surface area contributed by atoms with Gasteiger partial charge in [0.15, 0.2) is 0 Å². The lowest BCUT2D eigenvalue weighted by atomic mass is 9.67. The van der Waals surface area contributed by atoms with E-state index in [1.807, 2.05) is 31.2 Å². The average Bonchev–Trinajstić information content (AvgIpc) is 3.22. The highest BCUT2D eigenvalue weighted by Gasteiger charge is 2.36. The van der Waals surface area contributed by atoms with Gasteiger partial charge in [-0.3, -0.25) is 9.48 Å². The minimum atomic E-state index is -0.252. The van der Waals surface area contributed by atoms with Gasteiger partial charge in [0, 0.05) is 23.3 Å². The van der Waals surface area contributed by atoms with Crippen LogP contribution in [0.5, 0.6) is 5.75 Å². The summed E-state index contributed by atoms with van der Waals surface area (Å²) in [5, 5.41) is 12.3. The Morgan fingerprint density at radius 1 is 1.19 bits per heavy atom. The van der Waals surface area contributed by atoms with Crippen LogP contribution in [0.1, 0.15) is 60.7 Å². The number of amides is 1. The van der Waals surface area contributed by atoms with E-state index in [0.29, 0.717) is 28.6 Å². The van der Waals surface area contributed by atoms with Gasteiger partial charge in [-0.15, -0.1) is 0 Å². The number of rotatable bonds is 4. The average molecular weight is 434 g/mol. The highest BCUT2D eigenvalue weighted by atomic mass is 16.5. The van der Waals surface area contributed by atoms with Crippen LogP contribution < -0.4 is 15.4 Å². The molecular formula is C25H31N5O2. The Hall–Kier alpha value is -2.93. The standard InChI is InChI=1S/C25H31N5O2/c1-17-4-3-5-20(27-17)24(31)28-22-14-18-16-30(29-21(18)15-23(22)32-2)19-6-8-25(9-7-19)10-12-26-13-11-25/h3-5,14-16,19,26H,6-13H2,1-2H3,(H,28,31). The molecule has 0 bridgehead atoms. The maximum absolute atomic E-state index is 12.7. The van der Waals surface area contributed by atoms with E-state index in [1.54, 1.807) is 13.2 Å². The van der Waals surface area contributed by atoms with Crippen LogP contribution in [0.4, 0.5) is 5.69 Å². The van der Waals surface area contributed by atoms with Crippen LogP contribution in [0, 0.1) is 12.3 Å². The SMILES string of the molecule is COc1cc2nn(C3CCC4(CCNCC4)CC3)cc2cc1NC(=O)c1cccc(C)n1. The van der Waals surface area contributed by atoms with Crippen LogP contribution in [-0.2, 0) is 0 Å². The van der Waals surface area contributed by atoms with Crippen molar-refractivity contribution in [2.75, 3.05) is 25.5 Å². The van der Waals surface area contributed by atoms with Crippen molar-refractivity contribution >= 4 is 22.5 Å². The number of hydrogen-bond donors (Lipinski definition) is 2. The van der Waals surface area contributed by atoms with E-state index in [1.165, 1.54) is 38.5 Å². The molecular weight excluding hydrogens is 402 g/mol. The predicted octanol–water partition coefficient (Wildman–Crippen LogP) is 4.49. The van der Waals surface area contributed by atoms with E-state index in [-0.39, 0.29) is 5.91 Å². The second-order valence-electron chi connectivity index (χ2n) is 9.32. The van der Waals surface area contributed by atoms with Crippen LogP contribution in [-0.4, -0.2) is 40.9 Å². The monoisotopic (exact) mass is 433 g/mol. The molecule has 0 radical (unpaired) electrons. The summed E-state index contributed by atoms with van der Waals surface area (Å²) in [4.78, 5) is 17.0. The number of pyridine rings is 1. The minimum Gasteiger partial charge on any atom is -0.494 e. The number of carbonyl (C=O) groups excluding carboxylic acids is 1. The van der Waals surface area contributed by atoms with E-state index in [0.717, 1.165) is 29.7 Å². The lowest BCUT2D eigenvalue weighted by Crippen LogP contribution is -2.39. The third kappa shape index (κ3) is 4.09. The summed E-state index contributed by atoms with van der Waals surface area (Å²) >= 11 is 0. The third-order valence-electron chi connectivity index (χ3n) is 7.27. The summed E-state index contributed by atoms with van der Waals surface area (Å²) in [7, 11) is 1.61. The molecule has 2 N–H and O–H groups in total. The molecule has 1 aliphatic carbocycles. The Balaban J connectivity index is 1.36. The number of ether oxygens (including phenoxy) is 1. The van der Waals surface area contributed by atoms with E-state index in [9.17, 15) is 4.79 Å². The Kier molecular flexibility index (Phi) is 5.59. The summed E-state index contributed by atoms with van der Waals surface area (Å²) < 4.78 is 7.68. The van der Waals surface area contributed by atoms with Crippen LogP contribution in [0.25, 0.3) is 10.9 Å². The molecule has 3 aromatic rings. The Morgan fingerprint density at radius 3 is 2.69 bits per heavy atom. The number of carbonyl (C=O) groups is 1. The van der Waals surface area contributed by atoms with Gasteiger partial charge in [-0.05, 0) is 82.2 Å². The number of piperidine rings is 1. The number of aryl methyl sites for hydroxylation is 1. The quantitative estimate of drug-likeness (QED) is 0.634. The molecule has 0 atom stereocenters. The van der Waals surface area contributed by atoms with Gasteiger partial charge in [-0.25, -0.2) is 4.98 Å². The molecule has 168 valence electrons. The number of methoxy groups -OCH3 is 1. The fourth-order valence-electron chi connectivity index (χ4n) is 5.32. The number of fused-ring (bicyclic) bond motifs is 1. The zero-order chi connectivity index (χ0) is 22.1. The van der Waals surface area contributed by atoms with Crippen molar-refractivity contribution < 1.29 is 9.53 Å². The number of hydrogen-bond acceptors (Lipinski definition) is 5. The second kappa shape index (κ2) is 8.54. The molecule has 1 aliphatic heterocycles. The lowest BCUT2D eigenvalue weighted by Gasteiger charge is -2.43. The smallest absolute Gasteiger partial charge is 0.274 e. The Morgan fingerprint density at radius 2 is 1.97 bits per heavy atom. The Bertz CT molecular complexity index is 1120. The lowest BCUT2D eigenvalue weighted by molar-refractivity contribution is 0.102. The van der Waals surface area contributed by atoms with Gasteiger partial charge in [0.05, 0.1) is 24.4 Å². The fourth-order valence-corrected chi connectivity index (χ4v) is 5.32.